The quantitative estimate of drug-likeness (QED) is 0.666. The van der Waals surface area contributed by atoms with Crippen molar-refractivity contribution in [3.8, 4) is 5.75 Å². The Kier molecular flexibility index (Phi) is 6.66. The number of aliphatic hydroxyl groups excluding tert-OH is 1. The van der Waals surface area contributed by atoms with E-state index < -0.39 is 30.2 Å². The molecule has 0 aromatic heterocycles. The van der Waals surface area contributed by atoms with Crippen molar-refractivity contribution < 1.29 is 19.4 Å². The predicted molar refractivity (Wildman–Crippen MR) is 123 cm³/mol. The first-order valence-corrected chi connectivity index (χ1v) is 11.4. The van der Waals surface area contributed by atoms with Crippen LogP contribution in [0.25, 0.3) is 0 Å². The van der Waals surface area contributed by atoms with E-state index in [2.05, 4.69) is 10.3 Å². The second-order valence-corrected chi connectivity index (χ2v) is 8.77. The van der Waals surface area contributed by atoms with Crippen LogP contribution in [0.4, 0.5) is 4.79 Å². The van der Waals surface area contributed by atoms with Crippen LogP contribution >= 0.6 is 11.8 Å². The Labute approximate surface area is 191 Å². The monoisotopic (exact) mass is 454 g/mol. The highest BCUT2D eigenvalue weighted by Crippen LogP contribution is 2.30. The molecule has 0 radical (unpaired) electrons. The largest absolute Gasteiger partial charge is 0.491 e. The zero-order valence-corrected chi connectivity index (χ0v) is 18.8. The number of ether oxygens (including phenoxy) is 1. The van der Waals surface area contributed by atoms with Crippen molar-refractivity contribution in [3.63, 3.8) is 0 Å². The first kappa shape index (κ1) is 22.2. The Morgan fingerprint density at radius 2 is 1.88 bits per heavy atom. The van der Waals surface area contributed by atoms with Gasteiger partial charge in [0.2, 0.25) is 0 Å². The maximum absolute atomic E-state index is 12.7. The van der Waals surface area contributed by atoms with Gasteiger partial charge in [0.15, 0.2) is 17.4 Å². The summed E-state index contributed by atoms with van der Waals surface area (Å²) in [6, 6.07) is 16.4. The van der Waals surface area contributed by atoms with Crippen molar-refractivity contribution in [1.82, 2.24) is 15.1 Å². The molecule has 3 amide bonds. The Morgan fingerprint density at radius 1 is 1.16 bits per heavy atom. The van der Waals surface area contributed by atoms with Crippen LogP contribution < -0.4 is 10.1 Å². The van der Waals surface area contributed by atoms with E-state index in [4.69, 9.17) is 4.74 Å². The lowest BCUT2D eigenvalue weighted by Crippen LogP contribution is -2.64. The van der Waals surface area contributed by atoms with E-state index >= 15 is 0 Å². The molecule has 2 aromatic rings. The predicted octanol–water partition coefficient (Wildman–Crippen LogP) is 2.22. The lowest BCUT2D eigenvalue weighted by atomic mass is 10.1. The van der Waals surface area contributed by atoms with Crippen molar-refractivity contribution in [1.29, 1.82) is 0 Å². The standard InChI is InChI=1S/C23H26N4O4S/c1-15-8-6-7-11-18(15)31-13-17(28)12-27-19-20(26(2)22(30)25-21(19)29)24-23(27)32-14-16-9-4-3-5-10-16/h3-11,17,19-20,28H,12-14H2,1-2H3,(H,25,29,30). The van der Waals surface area contributed by atoms with Crippen LogP contribution in [-0.2, 0) is 10.5 Å². The van der Waals surface area contributed by atoms with Crippen molar-refractivity contribution in [2.45, 2.75) is 31.0 Å². The smallest absolute Gasteiger partial charge is 0.325 e. The van der Waals surface area contributed by atoms with Gasteiger partial charge in [0.05, 0.1) is 6.54 Å². The molecule has 0 saturated carbocycles. The first-order valence-electron chi connectivity index (χ1n) is 10.4. The number of amides is 3. The van der Waals surface area contributed by atoms with Gasteiger partial charge in [-0.1, -0.05) is 60.3 Å². The van der Waals surface area contributed by atoms with E-state index in [1.54, 1.807) is 11.9 Å². The van der Waals surface area contributed by atoms with Crippen molar-refractivity contribution in [2.75, 3.05) is 20.2 Å². The molecule has 2 heterocycles. The summed E-state index contributed by atoms with van der Waals surface area (Å²) in [6.07, 6.45) is -1.48. The number of thioether (sulfide) groups is 1. The van der Waals surface area contributed by atoms with Crippen molar-refractivity contribution >= 4 is 28.9 Å². The maximum Gasteiger partial charge on any atom is 0.325 e. The van der Waals surface area contributed by atoms with Crippen LogP contribution in [0.15, 0.2) is 59.6 Å². The van der Waals surface area contributed by atoms with Crippen LogP contribution in [-0.4, -0.2) is 70.5 Å². The van der Waals surface area contributed by atoms with E-state index in [1.807, 2.05) is 61.5 Å². The first-order chi connectivity index (χ1) is 15.4. The van der Waals surface area contributed by atoms with E-state index in [1.165, 1.54) is 16.7 Å². The highest BCUT2D eigenvalue weighted by Gasteiger charge is 2.49. The number of benzene rings is 2. The van der Waals surface area contributed by atoms with Gasteiger partial charge in [-0.25, -0.2) is 9.79 Å². The molecule has 1 saturated heterocycles. The van der Waals surface area contributed by atoms with Gasteiger partial charge >= 0.3 is 6.03 Å². The number of nitrogens with zero attached hydrogens (tertiary/aromatic N) is 3. The fourth-order valence-electron chi connectivity index (χ4n) is 3.72. The number of rotatable bonds is 7. The van der Waals surface area contributed by atoms with Crippen LogP contribution in [0.1, 0.15) is 11.1 Å². The molecular formula is C23H26N4O4S. The number of hydrogen-bond donors (Lipinski definition) is 2. The number of aryl methyl sites for hydroxylation is 1. The van der Waals surface area contributed by atoms with E-state index in [9.17, 15) is 14.7 Å². The van der Waals surface area contributed by atoms with Gasteiger partial charge < -0.3 is 19.6 Å². The minimum Gasteiger partial charge on any atom is -0.491 e. The number of amidine groups is 1. The van der Waals surface area contributed by atoms with Gasteiger partial charge in [0.25, 0.3) is 5.91 Å². The fraction of sp³-hybridized carbons (Fsp3) is 0.348. The molecule has 0 spiro atoms. The third-order valence-electron chi connectivity index (χ3n) is 5.47. The average Bonchev–Trinajstić information content (AvgIpc) is 3.15. The number of para-hydroxylation sites is 1. The van der Waals surface area contributed by atoms with E-state index in [0.717, 1.165) is 11.1 Å². The third kappa shape index (κ3) is 4.73. The zero-order valence-electron chi connectivity index (χ0n) is 18.0. The average molecular weight is 455 g/mol. The van der Waals surface area contributed by atoms with E-state index in [-0.39, 0.29) is 13.2 Å². The van der Waals surface area contributed by atoms with Crippen LogP contribution in [0.3, 0.4) is 0 Å². The summed E-state index contributed by atoms with van der Waals surface area (Å²) in [6.45, 7) is 2.17. The topological polar surface area (TPSA) is 94.5 Å². The Hall–Kier alpha value is -3.04. The maximum atomic E-state index is 12.7. The number of nitrogens with one attached hydrogen (secondary N) is 1. The molecule has 0 aliphatic carbocycles. The van der Waals surface area contributed by atoms with Crippen LogP contribution in [0.2, 0.25) is 0 Å². The molecule has 2 N–H and O–H groups in total. The number of carbonyl (C=O) groups excluding carboxylic acids is 2. The fourth-order valence-corrected chi connectivity index (χ4v) is 4.74. The molecule has 3 unspecified atom stereocenters. The molecule has 4 rings (SSSR count). The highest BCUT2D eigenvalue weighted by atomic mass is 32.2. The van der Waals surface area contributed by atoms with Gasteiger partial charge in [0.1, 0.15) is 18.5 Å². The number of aliphatic hydroxyl groups is 1. The lowest BCUT2D eigenvalue weighted by molar-refractivity contribution is -0.127. The Balaban J connectivity index is 1.48. The lowest BCUT2D eigenvalue weighted by Gasteiger charge is -2.36. The SMILES string of the molecule is Cc1ccccc1OCC(O)CN1C(SCc2ccccc2)=NC2C1C(=O)NC(=O)N2C. The number of carbonyl (C=O) groups is 2. The minimum absolute atomic E-state index is 0.0752. The number of β-amino-alcohol motifs (C(OH)–C–C–N with tert-alkyl or cyclic N) is 1. The number of imide groups is 1. The Morgan fingerprint density at radius 3 is 2.62 bits per heavy atom. The van der Waals surface area contributed by atoms with Gasteiger partial charge in [0, 0.05) is 12.8 Å². The molecule has 9 heteroatoms. The summed E-state index contributed by atoms with van der Waals surface area (Å²) in [5, 5.41) is 13.7. The van der Waals surface area contributed by atoms with Crippen LogP contribution in [0, 0.1) is 6.92 Å². The number of fused-ring (bicyclic) bond motifs is 1. The normalized spacial score (nSPS) is 21.2. The number of urea groups is 1. The van der Waals surface area contributed by atoms with Crippen molar-refractivity contribution in [2.24, 2.45) is 4.99 Å². The summed E-state index contributed by atoms with van der Waals surface area (Å²) in [4.78, 5) is 32.6. The van der Waals surface area contributed by atoms with E-state index in [0.29, 0.717) is 16.7 Å². The van der Waals surface area contributed by atoms with Crippen molar-refractivity contribution in [3.05, 3.63) is 65.7 Å². The van der Waals surface area contributed by atoms with Gasteiger partial charge in [-0.2, -0.15) is 0 Å². The summed E-state index contributed by atoms with van der Waals surface area (Å²) in [5.41, 5.74) is 2.10. The summed E-state index contributed by atoms with van der Waals surface area (Å²) >= 11 is 1.48. The molecule has 1 fully saturated rings. The van der Waals surface area contributed by atoms with Crippen LogP contribution in [0.5, 0.6) is 5.75 Å². The van der Waals surface area contributed by atoms with Gasteiger partial charge in [-0.15, -0.1) is 0 Å². The zero-order chi connectivity index (χ0) is 22.7. The molecule has 2 aliphatic rings. The number of aliphatic imine (C=N–C) groups is 1. The molecule has 32 heavy (non-hydrogen) atoms. The molecule has 8 nitrogen and oxygen atoms in total. The molecular weight excluding hydrogens is 428 g/mol. The van der Waals surface area contributed by atoms with Gasteiger partial charge in [-0.3, -0.25) is 10.1 Å². The second-order valence-electron chi connectivity index (χ2n) is 7.83. The molecule has 3 atom stereocenters. The summed E-state index contributed by atoms with van der Waals surface area (Å²) in [7, 11) is 1.61. The molecule has 2 aromatic carbocycles. The van der Waals surface area contributed by atoms with Gasteiger partial charge in [-0.05, 0) is 24.1 Å². The second kappa shape index (κ2) is 9.62. The summed E-state index contributed by atoms with van der Waals surface area (Å²) in [5.74, 6) is 0.952. The highest BCUT2D eigenvalue weighted by molar-refractivity contribution is 8.13. The molecule has 0 bridgehead atoms. The summed E-state index contributed by atoms with van der Waals surface area (Å²) < 4.78 is 5.79. The number of likely N-dealkylation sites (N-methyl/N-ethyl adjacent to an activating group) is 1. The third-order valence-corrected chi connectivity index (χ3v) is 6.54. The molecule has 2 aliphatic heterocycles. The number of hydrogen-bond acceptors (Lipinski definition) is 7. The minimum atomic E-state index is -0.855. The molecule has 168 valence electrons. The Bertz CT molecular complexity index is 1020.